The highest BCUT2D eigenvalue weighted by Gasteiger charge is 2.21. The number of aromatic nitrogens is 2. The largest absolute Gasteiger partial charge is 0.429 e. The molecule has 0 aliphatic carbocycles. The van der Waals surface area contributed by atoms with Crippen molar-refractivity contribution in [2.24, 2.45) is 0 Å². The average molecular weight is 475 g/mol. The lowest BCUT2D eigenvalue weighted by Gasteiger charge is -2.16. The highest BCUT2D eigenvalue weighted by atomic mass is 35.5. The normalized spacial score (nSPS) is 11.7. The van der Waals surface area contributed by atoms with E-state index in [1.165, 1.54) is 23.9 Å². The molecular weight excluding hydrogens is 458 g/mol. The van der Waals surface area contributed by atoms with E-state index in [1.807, 2.05) is 18.2 Å². The zero-order valence-corrected chi connectivity index (χ0v) is 18.9. The van der Waals surface area contributed by atoms with E-state index < -0.39 is 11.4 Å². The van der Waals surface area contributed by atoms with Gasteiger partial charge in [0.15, 0.2) is 5.09 Å². The summed E-state index contributed by atoms with van der Waals surface area (Å²) in [6, 6.07) is 15.2. The molecule has 0 bridgehead atoms. The van der Waals surface area contributed by atoms with Crippen LogP contribution in [0.4, 0.5) is 4.39 Å². The van der Waals surface area contributed by atoms with E-state index in [2.05, 4.69) is 9.97 Å². The van der Waals surface area contributed by atoms with E-state index in [1.54, 1.807) is 44.3 Å². The molecule has 0 unspecified atom stereocenters. The Morgan fingerprint density at radius 2 is 1.71 bits per heavy atom. The zero-order valence-electron chi connectivity index (χ0n) is 16.6. The van der Waals surface area contributed by atoms with Gasteiger partial charge in [0.2, 0.25) is 5.89 Å². The molecule has 0 aliphatic heterocycles. The average Bonchev–Trinajstić information content (AvgIpc) is 3.15. The number of halogens is 3. The van der Waals surface area contributed by atoms with Crippen molar-refractivity contribution >= 4 is 35.0 Å². The Morgan fingerprint density at radius 3 is 2.32 bits per heavy atom. The summed E-state index contributed by atoms with van der Waals surface area (Å²) < 4.78 is 19.6. The molecule has 0 atom stereocenters. The molecular formula is C23H17Cl2FN2O2S. The van der Waals surface area contributed by atoms with Crippen molar-refractivity contribution in [3.63, 3.8) is 0 Å². The molecule has 0 saturated heterocycles. The van der Waals surface area contributed by atoms with Crippen molar-refractivity contribution in [2.75, 3.05) is 0 Å². The Hall–Kier alpha value is -2.38. The summed E-state index contributed by atoms with van der Waals surface area (Å²) in [6.45, 7) is 3.34. The van der Waals surface area contributed by atoms with E-state index in [-0.39, 0.29) is 5.02 Å². The number of nitrogens with zero attached hydrogens (tertiary/aromatic N) is 2. The van der Waals surface area contributed by atoms with Gasteiger partial charge in [0.05, 0.1) is 10.7 Å². The van der Waals surface area contributed by atoms with E-state index in [0.717, 1.165) is 4.90 Å². The Labute approximate surface area is 193 Å². The number of aliphatic hydroxyl groups is 1. The van der Waals surface area contributed by atoms with Gasteiger partial charge in [0.1, 0.15) is 17.1 Å². The minimum Gasteiger partial charge on any atom is -0.429 e. The summed E-state index contributed by atoms with van der Waals surface area (Å²) in [5, 5.41) is 11.3. The van der Waals surface area contributed by atoms with Gasteiger partial charge in [-0.25, -0.2) is 9.37 Å². The number of hydrogen-bond donors (Lipinski definition) is 1. The van der Waals surface area contributed by atoms with Crippen LogP contribution in [0.2, 0.25) is 10.0 Å². The van der Waals surface area contributed by atoms with Crippen LogP contribution in [-0.4, -0.2) is 15.1 Å². The summed E-state index contributed by atoms with van der Waals surface area (Å²) >= 11 is 13.3. The predicted octanol–water partition coefficient (Wildman–Crippen LogP) is 7.23. The minimum absolute atomic E-state index is 0.0136. The van der Waals surface area contributed by atoms with E-state index in [4.69, 9.17) is 27.6 Å². The van der Waals surface area contributed by atoms with Crippen LogP contribution in [0, 0.1) is 5.82 Å². The molecule has 4 nitrogen and oxygen atoms in total. The summed E-state index contributed by atoms with van der Waals surface area (Å²) in [6.07, 6.45) is 1.64. The fourth-order valence-corrected chi connectivity index (χ4v) is 3.99. The molecule has 0 radical (unpaired) electrons. The molecule has 4 aromatic rings. The first-order valence-corrected chi connectivity index (χ1v) is 10.9. The SMILES string of the molecule is CC(C)(O)c1ccc(-c2nc(-c3ccc(F)c(Cl)c3)oc2Sc2ccc(Cl)cc2)cn1. The van der Waals surface area contributed by atoms with Crippen molar-refractivity contribution in [2.45, 2.75) is 29.4 Å². The van der Waals surface area contributed by atoms with Gasteiger partial charge in [-0.2, -0.15) is 0 Å². The Bertz CT molecular complexity index is 1220. The number of oxazole rings is 1. The first-order valence-electron chi connectivity index (χ1n) is 9.29. The number of hydrogen-bond acceptors (Lipinski definition) is 5. The Kier molecular flexibility index (Phi) is 6.08. The highest BCUT2D eigenvalue weighted by Crippen LogP contribution is 2.39. The van der Waals surface area contributed by atoms with Gasteiger partial charge < -0.3 is 9.52 Å². The summed E-state index contributed by atoms with van der Waals surface area (Å²) in [5.41, 5.74) is 1.32. The number of benzene rings is 2. The monoisotopic (exact) mass is 474 g/mol. The molecule has 1 N–H and O–H groups in total. The number of pyridine rings is 1. The molecule has 31 heavy (non-hydrogen) atoms. The molecule has 2 aromatic carbocycles. The molecule has 0 amide bonds. The van der Waals surface area contributed by atoms with E-state index in [9.17, 15) is 9.50 Å². The second-order valence-corrected chi connectivity index (χ2v) is 9.22. The van der Waals surface area contributed by atoms with Crippen LogP contribution in [0.3, 0.4) is 0 Å². The van der Waals surface area contributed by atoms with Crippen LogP contribution in [0.1, 0.15) is 19.5 Å². The number of rotatable bonds is 5. The summed E-state index contributed by atoms with van der Waals surface area (Å²) in [7, 11) is 0. The molecule has 2 heterocycles. The molecule has 0 fully saturated rings. The van der Waals surface area contributed by atoms with Crippen LogP contribution in [0.5, 0.6) is 0 Å². The second-order valence-electron chi connectivity index (χ2n) is 7.33. The maximum atomic E-state index is 13.6. The van der Waals surface area contributed by atoms with Crippen molar-refractivity contribution in [3.8, 4) is 22.7 Å². The first kappa shape index (κ1) is 21.8. The molecule has 4 rings (SSSR count). The van der Waals surface area contributed by atoms with Crippen molar-refractivity contribution in [1.82, 2.24) is 9.97 Å². The van der Waals surface area contributed by atoms with Gasteiger partial charge in [-0.15, -0.1) is 0 Å². The van der Waals surface area contributed by atoms with Crippen LogP contribution in [0.15, 0.2) is 75.2 Å². The van der Waals surface area contributed by atoms with E-state index >= 15 is 0 Å². The maximum absolute atomic E-state index is 13.6. The Morgan fingerprint density at radius 1 is 1.00 bits per heavy atom. The molecule has 158 valence electrons. The lowest BCUT2D eigenvalue weighted by Crippen LogP contribution is -2.17. The van der Waals surface area contributed by atoms with Crippen LogP contribution in [-0.2, 0) is 5.60 Å². The van der Waals surface area contributed by atoms with Crippen molar-refractivity contribution < 1.29 is 13.9 Å². The summed E-state index contributed by atoms with van der Waals surface area (Å²) in [4.78, 5) is 9.90. The molecule has 8 heteroatoms. The van der Waals surface area contributed by atoms with Crippen LogP contribution < -0.4 is 0 Å². The highest BCUT2D eigenvalue weighted by molar-refractivity contribution is 7.99. The smallest absolute Gasteiger partial charge is 0.228 e. The van der Waals surface area contributed by atoms with Gasteiger partial charge >= 0.3 is 0 Å². The molecule has 2 aromatic heterocycles. The molecule has 0 saturated carbocycles. The van der Waals surface area contributed by atoms with Crippen LogP contribution >= 0.6 is 35.0 Å². The third-order valence-corrected chi connectivity index (χ3v) is 5.96. The second kappa shape index (κ2) is 8.63. The molecule has 0 aliphatic rings. The zero-order chi connectivity index (χ0) is 22.2. The van der Waals surface area contributed by atoms with E-state index in [0.29, 0.717) is 38.5 Å². The van der Waals surface area contributed by atoms with Gasteiger partial charge in [0, 0.05) is 27.2 Å². The van der Waals surface area contributed by atoms with Gasteiger partial charge in [0.25, 0.3) is 0 Å². The fourth-order valence-electron chi connectivity index (χ4n) is 2.82. The lowest BCUT2D eigenvalue weighted by molar-refractivity contribution is 0.0739. The lowest BCUT2D eigenvalue weighted by atomic mass is 10.0. The van der Waals surface area contributed by atoms with Crippen molar-refractivity contribution in [3.05, 3.63) is 82.4 Å². The maximum Gasteiger partial charge on any atom is 0.228 e. The fraction of sp³-hybridized carbons (Fsp3) is 0.130. The quantitative estimate of drug-likeness (QED) is 0.330. The molecule has 0 spiro atoms. The Balaban J connectivity index is 1.78. The first-order chi connectivity index (χ1) is 14.7. The van der Waals surface area contributed by atoms with Gasteiger partial charge in [-0.3, -0.25) is 4.98 Å². The topological polar surface area (TPSA) is 59.2 Å². The third-order valence-electron chi connectivity index (χ3n) is 4.45. The van der Waals surface area contributed by atoms with Crippen molar-refractivity contribution in [1.29, 1.82) is 0 Å². The third kappa shape index (κ3) is 4.93. The standard InChI is InChI=1S/C23H17Cl2FN2O2S/c1-23(2,29)19-10-4-14(12-27-19)20-22(31-16-7-5-15(24)6-8-16)30-21(28-20)13-3-9-18(26)17(25)11-13/h3-12,29H,1-2H3. The van der Waals surface area contributed by atoms with Gasteiger partial charge in [-0.05, 0) is 80.2 Å². The van der Waals surface area contributed by atoms with Gasteiger partial charge in [-0.1, -0.05) is 23.2 Å². The minimum atomic E-state index is -1.06. The summed E-state index contributed by atoms with van der Waals surface area (Å²) in [5.74, 6) is -0.209. The van der Waals surface area contributed by atoms with Crippen LogP contribution in [0.25, 0.3) is 22.7 Å². The predicted molar refractivity (Wildman–Crippen MR) is 121 cm³/mol.